The molecule has 2 amide bonds. The fourth-order valence-corrected chi connectivity index (χ4v) is 3.91. The van der Waals surface area contributed by atoms with E-state index in [-0.39, 0.29) is 28.6 Å². The van der Waals surface area contributed by atoms with Crippen LogP contribution in [0.4, 0.5) is 15.8 Å². The number of hydrogen-bond acceptors (Lipinski definition) is 4. The number of carbonyl (C=O) groups is 2. The van der Waals surface area contributed by atoms with Gasteiger partial charge in [-0.2, -0.15) is 0 Å². The average molecular weight is 456 g/mol. The van der Waals surface area contributed by atoms with Crippen LogP contribution in [0.3, 0.4) is 0 Å². The molecule has 0 unspecified atom stereocenters. The van der Waals surface area contributed by atoms with E-state index in [9.17, 15) is 22.4 Å². The Balaban J connectivity index is 1.62. The molecule has 0 saturated carbocycles. The maximum atomic E-state index is 13.0. The molecule has 2 N–H and O–H groups in total. The molecule has 3 aromatic carbocycles. The van der Waals surface area contributed by atoms with Crippen LogP contribution in [0, 0.1) is 12.7 Å². The third-order valence-electron chi connectivity index (χ3n) is 4.57. The van der Waals surface area contributed by atoms with Gasteiger partial charge in [0.15, 0.2) is 0 Å². The Morgan fingerprint density at radius 1 is 0.875 bits per heavy atom. The molecule has 0 aliphatic carbocycles. The van der Waals surface area contributed by atoms with E-state index < -0.39 is 21.7 Å². The minimum absolute atomic E-state index is 0.0573. The van der Waals surface area contributed by atoms with E-state index in [1.165, 1.54) is 48.3 Å². The zero-order valence-corrected chi connectivity index (χ0v) is 18.3. The van der Waals surface area contributed by atoms with Crippen molar-refractivity contribution in [3.63, 3.8) is 0 Å². The summed E-state index contributed by atoms with van der Waals surface area (Å²) in [5.41, 5.74) is 2.14. The topological polar surface area (TPSA) is 95.6 Å². The Morgan fingerprint density at radius 2 is 1.44 bits per heavy atom. The Bertz CT molecular complexity index is 1210. The molecule has 0 bridgehead atoms. The number of hydrogen-bond donors (Lipinski definition) is 2. The molecule has 0 aliphatic heterocycles. The predicted octanol–water partition coefficient (Wildman–Crippen LogP) is 3.65. The van der Waals surface area contributed by atoms with E-state index in [0.29, 0.717) is 5.69 Å². The lowest BCUT2D eigenvalue weighted by Gasteiger charge is -2.17. The molecule has 9 heteroatoms. The van der Waals surface area contributed by atoms with Crippen molar-refractivity contribution in [2.24, 2.45) is 0 Å². The number of amides is 2. The van der Waals surface area contributed by atoms with Gasteiger partial charge in [-0.25, -0.2) is 12.8 Å². The maximum Gasteiger partial charge on any atom is 0.261 e. The van der Waals surface area contributed by atoms with Crippen LogP contribution in [0.25, 0.3) is 0 Å². The third kappa shape index (κ3) is 5.92. The summed E-state index contributed by atoms with van der Waals surface area (Å²) in [5.74, 6) is -1.26. The van der Waals surface area contributed by atoms with E-state index in [0.717, 1.165) is 17.7 Å². The molecule has 0 heterocycles. The van der Waals surface area contributed by atoms with E-state index in [4.69, 9.17) is 0 Å². The predicted molar refractivity (Wildman–Crippen MR) is 120 cm³/mol. The van der Waals surface area contributed by atoms with Gasteiger partial charge in [0.05, 0.1) is 11.4 Å². The molecule has 7 nitrogen and oxygen atoms in total. The zero-order chi connectivity index (χ0) is 23.3. The van der Waals surface area contributed by atoms with Gasteiger partial charge >= 0.3 is 0 Å². The molecule has 0 aliphatic rings. The van der Waals surface area contributed by atoms with Gasteiger partial charge in [-0.3, -0.25) is 14.3 Å². The van der Waals surface area contributed by atoms with Crippen LogP contribution in [0.5, 0.6) is 0 Å². The fourth-order valence-electron chi connectivity index (χ4n) is 2.85. The van der Waals surface area contributed by atoms with Gasteiger partial charge in [-0.1, -0.05) is 17.7 Å². The molecule has 0 atom stereocenters. The molecular formula is C23H22FN3O4S. The first-order chi connectivity index (χ1) is 15.1. The van der Waals surface area contributed by atoms with E-state index in [2.05, 4.69) is 10.0 Å². The van der Waals surface area contributed by atoms with Crippen molar-refractivity contribution in [2.45, 2.75) is 11.8 Å². The molecule has 0 saturated heterocycles. The lowest BCUT2D eigenvalue weighted by Crippen LogP contribution is -2.34. The number of nitrogens with one attached hydrogen (secondary N) is 2. The van der Waals surface area contributed by atoms with Crippen LogP contribution >= 0.6 is 0 Å². The van der Waals surface area contributed by atoms with Crippen molar-refractivity contribution in [3.8, 4) is 0 Å². The number of aryl methyl sites for hydroxylation is 1. The number of carbonyl (C=O) groups excluding carboxylic acids is 2. The quantitative estimate of drug-likeness (QED) is 0.569. The lowest BCUT2D eigenvalue weighted by atomic mass is 10.2. The first-order valence-electron chi connectivity index (χ1n) is 9.64. The summed E-state index contributed by atoms with van der Waals surface area (Å²) in [5, 5.41) is 2.72. The summed E-state index contributed by atoms with van der Waals surface area (Å²) < 4.78 is 40.3. The number of halogens is 1. The highest BCUT2D eigenvalue weighted by atomic mass is 32.2. The molecule has 0 spiro atoms. The first kappa shape index (κ1) is 23.0. The highest BCUT2D eigenvalue weighted by Gasteiger charge is 2.18. The highest BCUT2D eigenvalue weighted by molar-refractivity contribution is 7.92. The molecule has 0 radical (unpaired) electrons. The Morgan fingerprint density at radius 3 is 2.03 bits per heavy atom. The van der Waals surface area contributed by atoms with Crippen molar-refractivity contribution in [1.82, 2.24) is 4.90 Å². The summed E-state index contributed by atoms with van der Waals surface area (Å²) in [6.45, 7) is 1.77. The van der Waals surface area contributed by atoms with Gasteiger partial charge in [0.2, 0.25) is 5.91 Å². The van der Waals surface area contributed by atoms with E-state index >= 15 is 0 Å². The van der Waals surface area contributed by atoms with Gasteiger partial charge in [0.25, 0.3) is 15.9 Å². The SMILES string of the molecule is Cc1ccc(NC(=O)CN(C)C(=O)c2ccc(S(=O)(=O)Nc3ccc(F)cc3)cc2)cc1. The highest BCUT2D eigenvalue weighted by Crippen LogP contribution is 2.18. The number of benzene rings is 3. The lowest BCUT2D eigenvalue weighted by molar-refractivity contribution is -0.116. The Hall–Kier alpha value is -3.72. The standard InChI is InChI=1S/C23H22FN3O4S/c1-16-3-9-19(10-4-16)25-22(28)15-27(2)23(29)17-5-13-21(14-6-17)32(30,31)26-20-11-7-18(24)8-12-20/h3-14,26H,15H2,1-2H3,(H,25,28). The number of nitrogens with zero attached hydrogens (tertiary/aromatic N) is 1. The van der Waals surface area contributed by atoms with Gasteiger partial charge in [0.1, 0.15) is 5.82 Å². The minimum Gasteiger partial charge on any atom is -0.332 e. The van der Waals surface area contributed by atoms with Crippen LogP contribution in [0.1, 0.15) is 15.9 Å². The van der Waals surface area contributed by atoms with Gasteiger partial charge in [0, 0.05) is 24.0 Å². The summed E-state index contributed by atoms with van der Waals surface area (Å²) in [4.78, 5) is 26.0. The van der Waals surface area contributed by atoms with Gasteiger partial charge < -0.3 is 10.2 Å². The summed E-state index contributed by atoms with van der Waals surface area (Å²) in [7, 11) is -2.42. The van der Waals surface area contributed by atoms with E-state index in [1.807, 2.05) is 19.1 Å². The molecular weight excluding hydrogens is 433 g/mol. The second kappa shape index (κ2) is 9.61. The number of rotatable bonds is 7. The molecule has 3 aromatic rings. The first-order valence-corrected chi connectivity index (χ1v) is 11.1. The fraction of sp³-hybridized carbons (Fsp3) is 0.130. The van der Waals surface area contributed by atoms with Crippen molar-refractivity contribution in [1.29, 1.82) is 0 Å². The third-order valence-corrected chi connectivity index (χ3v) is 5.97. The van der Waals surface area contributed by atoms with Crippen molar-refractivity contribution >= 4 is 33.2 Å². The second-order valence-electron chi connectivity index (χ2n) is 7.21. The molecule has 32 heavy (non-hydrogen) atoms. The summed E-state index contributed by atoms with van der Waals surface area (Å²) >= 11 is 0. The monoisotopic (exact) mass is 455 g/mol. The van der Waals surface area contributed by atoms with Gasteiger partial charge in [-0.05, 0) is 67.6 Å². The van der Waals surface area contributed by atoms with Gasteiger partial charge in [-0.15, -0.1) is 0 Å². The molecule has 166 valence electrons. The normalized spacial score (nSPS) is 11.0. The van der Waals surface area contributed by atoms with Crippen LogP contribution in [-0.4, -0.2) is 38.7 Å². The maximum absolute atomic E-state index is 13.0. The van der Waals surface area contributed by atoms with Crippen molar-refractivity contribution in [3.05, 3.63) is 89.7 Å². The summed E-state index contributed by atoms with van der Waals surface area (Å²) in [6, 6.07) is 17.5. The zero-order valence-electron chi connectivity index (χ0n) is 17.5. The smallest absolute Gasteiger partial charge is 0.261 e. The molecule has 0 fully saturated rings. The number of anilines is 2. The van der Waals surface area contributed by atoms with Crippen LogP contribution in [-0.2, 0) is 14.8 Å². The minimum atomic E-state index is -3.91. The summed E-state index contributed by atoms with van der Waals surface area (Å²) in [6.07, 6.45) is 0. The van der Waals surface area contributed by atoms with E-state index in [1.54, 1.807) is 12.1 Å². The largest absolute Gasteiger partial charge is 0.332 e. The number of likely N-dealkylation sites (N-methyl/N-ethyl adjacent to an activating group) is 1. The molecule has 3 rings (SSSR count). The molecule has 0 aromatic heterocycles. The van der Waals surface area contributed by atoms with Crippen molar-refractivity contribution < 1.29 is 22.4 Å². The van der Waals surface area contributed by atoms with Crippen LogP contribution < -0.4 is 10.0 Å². The Kier molecular flexibility index (Phi) is 6.89. The average Bonchev–Trinajstić information content (AvgIpc) is 2.76. The van der Waals surface area contributed by atoms with Crippen LogP contribution in [0.15, 0.2) is 77.7 Å². The second-order valence-corrected chi connectivity index (χ2v) is 8.89. The van der Waals surface area contributed by atoms with Crippen LogP contribution in [0.2, 0.25) is 0 Å². The van der Waals surface area contributed by atoms with Crippen molar-refractivity contribution in [2.75, 3.05) is 23.6 Å². The number of sulfonamides is 1. The Labute approximate surface area is 185 Å².